The minimum atomic E-state index is -0.878. The number of nitro groups is 1. The number of nitrogens with zero attached hydrogens (tertiary/aromatic N) is 2. The fourth-order valence-corrected chi connectivity index (χ4v) is 0.393. The highest BCUT2D eigenvalue weighted by molar-refractivity contribution is 6.18. The number of hydrogen-bond donors (Lipinski definition) is 2. The molecule has 58 valence electrons. The zero-order chi connectivity index (χ0) is 7.98. The van der Waals surface area contributed by atoms with Crippen molar-refractivity contribution in [3.05, 3.63) is 10.1 Å². The molecule has 0 aliphatic rings. The van der Waals surface area contributed by atoms with E-state index in [9.17, 15) is 10.1 Å². The molecule has 0 amide bonds. The SMILES string of the molecule is N/C(=N/[N+](=O)[O-])NCCCl. The van der Waals surface area contributed by atoms with Gasteiger partial charge >= 0.3 is 0 Å². The Morgan fingerprint density at radius 2 is 2.50 bits per heavy atom. The Labute approximate surface area is 62.2 Å². The third-order valence-corrected chi connectivity index (χ3v) is 0.779. The van der Waals surface area contributed by atoms with E-state index in [0.29, 0.717) is 12.4 Å². The lowest BCUT2D eigenvalue weighted by molar-refractivity contribution is -0.485. The molecule has 0 unspecified atom stereocenters. The van der Waals surface area contributed by atoms with Crippen molar-refractivity contribution >= 4 is 17.6 Å². The second-order valence-corrected chi connectivity index (χ2v) is 1.72. The summed E-state index contributed by atoms with van der Waals surface area (Å²) >= 11 is 5.24. The number of hydrazone groups is 1. The lowest BCUT2D eigenvalue weighted by Crippen LogP contribution is -2.33. The Hall–Kier alpha value is -1.04. The Balaban J connectivity index is 3.60. The Morgan fingerprint density at radius 1 is 1.90 bits per heavy atom. The van der Waals surface area contributed by atoms with Gasteiger partial charge in [-0.15, -0.1) is 11.6 Å². The minimum Gasteiger partial charge on any atom is -0.365 e. The van der Waals surface area contributed by atoms with E-state index < -0.39 is 5.03 Å². The zero-order valence-corrected chi connectivity index (χ0v) is 5.84. The van der Waals surface area contributed by atoms with Gasteiger partial charge in [0.25, 0.3) is 5.96 Å². The van der Waals surface area contributed by atoms with Crippen LogP contribution in [0.5, 0.6) is 0 Å². The molecular formula is C3H7ClN4O2. The fraction of sp³-hybridized carbons (Fsp3) is 0.667. The van der Waals surface area contributed by atoms with Crippen LogP contribution in [0.4, 0.5) is 0 Å². The van der Waals surface area contributed by atoms with E-state index in [1.54, 1.807) is 0 Å². The zero-order valence-electron chi connectivity index (χ0n) is 5.08. The molecule has 0 rings (SSSR count). The van der Waals surface area contributed by atoms with Gasteiger partial charge in [-0.2, -0.15) is 0 Å². The molecular weight excluding hydrogens is 160 g/mol. The van der Waals surface area contributed by atoms with Gasteiger partial charge < -0.3 is 11.1 Å². The molecule has 0 aliphatic heterocycles. The second-order valence-electron chi connectivity index (χ2n) is 1.34. The van der Waals surface area contributed by atoms with Crippen LogP contribution in [0.1, 0.15) is 0 Å². The lowest BCUT2D eigenvalue weighted by atomic mass is 10.7. The molecule has 0 saturated heterocycles. The van der Waals surface area contributed by atoms with Gasteiger partial charge in [0.15, 0.2) is 5.03 Å². The van der Waals surface area contributed by atoms with Gasteiger partial charge in [-0.3, -0.25) is 0 Å². The molecule has 7 heteroatoms. The number of nitrogens with two attached hydrogens (primary N) is 1. The van der Waals surface area contributed by atoms with Crippen molar-refractivity contribution < 1.29 is 5.03 Å². The molecule has 0 saturated carbocycles. The average Bonchev–Trinajstić information content (AvgIpc) is 1.82. The van der Waals surface area contributed by atoms with Crippen molar-refractivity contribution in [2.24, 2.45) is 10.8 Å². The number of halogens is 1. The van der Waals surface area contributed by atoms with E-state index in [1.807, 2.05) is 0 Å². The summed E-state index contributed by atoms with van der Waals surface area (Å²) in [7, 11) is 0. The first-order valence-electron chi connectivity index (χ1n) is 2.45. The van der Waals surface area contributed by atoms with E-state index in [1.165, 1.54) is 0 Å². The van der Waals surface area contributed by atoms with Crippen LogP contribution in [-0.4, -0.2) is 23.4 Å². The normalized spacial score (nSPS) is 11.1. The monoisotopic (exact) mass is 166 g/mol. The van der Waals surface area contributed by atoms with Crippen LogP contribution in [0, 0.1) is 10.1 Å². The van der Waals surface area contributed by atoms with E-state index in [2.05, 4.69) is 10.4 Å². The van der Waals surface area contributed by atoms with Crippen LogP contribution in [0.25, 0.3) is 0 Å². The van der Waals surface area contributed by atoms with Crippen LogP contribution in [-0.2, 0) is 0 Å². The van der Waals surface area contributed by atoms with E-state index >= 15 is 0 Å². The van der Waals surface area contributed by atoms with Gasteiger partial charge in [-0.05, 0) is 0 Å². The first-order chi connectivity index (χ1) is 4.66. The maximum absolute atomic E-state index is 9.64. The van der Waals surface area contributed by atoms with E-state index in [4.69, 9.17) is 17.3 Å². The van der Waals surface area contributed by atoms with Crippen LogP contribution in [0.3, 0.4) is 0 Å². The van der Waals surface area contributed by atoms with Gasteiger partial charge in [-0.25, -0.2) is 10.1 Å². The van der Waals surface area contributed by atoms with Crippen molar-refractivity contribution in [1.29, 1.82) is 0 Å². The highest BCUT2D eigenvalue weighted by Gasteiger charge is 1.95. The third-order valence-electron chi connectivity index (χ3n) is 0.590. The summed E-state index contributed by atoms with van der Waals surface area (Å²) in [5.74, 6) is 0.0964. The van der Waals surface area contributed by atoms with Crippen molar-refractivity contribution in [2.75, 3.05) is 12.4 Å². The molecule has 0 atom stereocenters. The van der Waals surface area contributed by atoms with Crippen molar-refractivity contribution in [2.45, 2.75) is 0 Å². The quantitative estimate of drug-likeness (QED) is 0.191. The Kier molecular flexibility index (Phi) is 4.30. The lowest BCUT2D eigenvalue weighted by Gasteiger charge is -1.95. The van der Waals surface area contributed by atoms with Gasteiger partial charge in [0, 0.05) is 12.4 Å². The predicted molar refractivity (Wildman–Crippen MR) is 37.3 cm³/mol. The highest BCUT2D eigenvalue weighted by atomic mass is 35.5. The summed E-state index contributed by atoms with van der Waals surface area (Å²) in [6, 6.07) is 0. The molecule has 0 aromatic rings. The molecule has 0 fully saturated rings. The Bertz CT molecular complexity index is 147. The summed E-state index contributed by atoms with van der Waals surface area (Å²) in [5, 5.41) is 13.9. The molecule has 0 spiro atoms. The summed E-state index contributed by atoms with van der Waals surface area (Å²) < 4.78 is 0. The number of rotatable bonds is 3. The molecule has 0 heterocycles. The number of alkyl halides is 1. The van der Waals surface area contributed by atoms with Crippen molar-refractivity contribution in [3.8, 4) is 0 Å². The first kappa shape index (κ1) is 8.96. The largest absolute Gasteiger partial charge is 0.365 e. The van der Waals surface area contributed by atoms with Crippen molar-refractivity contribution in [3.63, 3.8) is 0 Å². The second kappa shape index (κ2) is 4.80. The molecule has 0 radical (unpaired) electrons. The average molecular weight is 167 g/mol. The molecule has 3 N–H and O–H groups in total. The highest BCUT2D eigenvalue weighted by Crippen LogP contribution is 1.71. The summed E-state index contributed by atoms with van der Waals surface area (Å²) in [6.07, 6.45) is 0. The van der Waals surface area contributed by atoms with Crippen molar-refractivity contribution in [1.82, 2.24) is 5.32 Å². The van der Waals surface area contributed by atoms with Gasteiger partial charge in [0.2, 0.25) is 0 Å². The first-order valence-corrected chi connectivity index (χ1v) is 2.98. The van der Waals surface area contributed by atoms with Crippen LogP contribution < -0.4 is 11.1 Å². The Morgan fingerprint density at radius 3 is 2.90 bits per heavy atom. The van der Waals surface area contributed by atoms with Crippen LogP contribution >= 0.6 is 11.6 Å². The predicted octanol–water partition coefficient (Wildman–Crippen LogP) is -0.679. The number of hydrogen-bond acceptors (Lipinski definition) is 2. The van der Waals surface area contributed by atoms with Gasteiger partial charge in [0.05, 0.1) is 0 Å². The topological polar surface area (TPSA) is 93.5 Å². The maximum atomic E-state index is 9.64. The van der Waals surface area contributed by atoms with Gasteiger partial charge in [0.1, 0.15) is 5.10 Å². The molecule has 10 heavy (non-hydrogen) atoms. The minimum absolute atomic E-state index is 0.231. The van der Waals surface area contributed by atoms with Crippen LogP contribution in [0.2, 0.25) is 0 Å². The van der Waals surface area contributed by atoms with Crippen LogP contribution in [0.15, 0.2) is 5.10 Å². The summed E-state index contributed by atoms with van der Waals surface area (Å²) in [6.45, 7) is 0.366. The smallest absolute Gasteiger partial charge is 0.266 e. The molecule has 0 bridgehead atoms. The number of guanidine groups is 1. The maximum Gasteiger partial charge on any atom is 0.266 e. The third kappa shape index (κ3) is 5.10. The van der Waals surface area contributed by atoms with E-state index in [0.717, 1.165) is 0 Å². The fourth-order valence-electron chi connectivity index (χ4n) is 0.299. The van der Waals surface area contributed by atoms with Gasteiger partial charge in [-0.1, -0.05) is 0 Å². The summed E-state index contributed by atoms with van der Waals surface area (Å²) in [4.78, 5) is 9.64. The molecule has 0 aromatic heterocycles. The molecule has 0 aliphatic carbocycles. The standard InChI is InChI=1S/C3H7ClN4O2/c4-1-2-6-3(5)7-8(9)10/h1-2H2,(H3,5,6,7). The van der Waals surface area contributed by atoms with E-state index in [-0.39, 0.29) is 5.96 Å². The summed E-state index contributed by atoms with van der Waals surface area (Å²) in [5.41, 5.74) is 5.00. The number of nitrogens with one attached hydrogen (secondary N) is 1. The molecule has 6 nitrogen and oxygen atoms in total. The molecule has 0 aromatic carbocycles.